The van der Waals surface area contributed by atoms with E-state index in [4.69, 9.17) is 4.74 Å². The van der Waals surface area contributed by atoms with Gasteiger partial charge in [0.1, 0.15) is 0 Å². The molecule has 1 aliphatic rings. The smallest absolute Gasteiger partial charge is 0.337 e. The van der Waals surface area contributed by atoms with E-state index in [1.807, 2.05) is 24.3 Å². The van der Waals surface area contributed by atoms with E-state index in [-0.39, 0.29) is 11.4 Å². The maximum atomic E-state index is 11.7. The number of hydrogen-bond acceptors (Lipinski definition) is 3. The van der Waals surface area contributed by atoms with Gasteiger partial charge < -0.3 is 9.64 Å². The van der Waals surface area contributed by atoms with E-state index in [0.29, 0.717) is 11.5 Å². The lowest BCUT2D eigenvalue weighted by molar-refractivity contribution is 0.0600. The summed E-state index contributed by atoms with van der Waals surface area (Å²) >= 11 is 0. The fourth-order valence-corrected chi connectivity index (χ4v) is 4.67. The highest BCUT2D eigenvalue weighted by molar-refractivity contribution is 5.89. The second-order valence-corrected chi connectivity index (χ2v) is 9.57. The van der Waals surface area contributed by atoms with Crippen molar-refractivity contribution >= 4 is 17.7 Å². The summed E-state index contributed by atoms with van der Waals surface area (Å²) in [7, 11) is 1.41. The normalized spacial score (nSPS) is 16.1. The van der Waals surface area contributed by atoms with Gasteiger partial charge in [-0.2, -0.15) is 0 Å². The fraction of sp³-hybridized carbons (Fsp3) is 0.483. The first-order chi connectivity index (χ1) is 15.4. The van der Waals surface area contributed by atoms with Gasteiger partial charge in [-0.15, -0.1) is 0 Å². The Morgan fingerprint density at radius 1 is 1.12 bits per heavy atom. The van der Waals surface area contributed by atoms with Crippen LogP contribution in [-0.4, -0.2) is 26.2 Å². The minimum Gasteiger partial charge on any atom is -0.465 e. The molecule has 0 fully saturated rings. The van der Waals surface area contributed by atoms with E-state index in [0.717, 1.165) is 25.1 Å². The Kier molecular flexibility index (Phi) is 8.17. The van der Waals surface area contributed by atoms with Gasteiger partial charge in [-0.3, -0.25) is 0 Å². The Balaban J connectivity index is 1.88. The first-order valence-electron chi connectivity index (χ1n) is 12.2. The first kappa shape index (κ1) is 24.1. The van der Waals surface area contributed by atoms with Crippen molar-refractivity contribution in [3.8, 4) is 0 Å². The summed E-state index contributed by atoms with van der Waals surface area (Å²) in [5.74, 6) is 0.0892. The van der Waals surface area contributed by atoms with Crippen LogP contribution in [0.25, 0.3) is 6.08 Å². The number of ether oxygens (including phenoxy) is 1. The summed E-state index contributed by atoms with van der Waals surface area (Å²) in [6.07, 6.45) is 10.6. The van der Waals surface area contributed by atoms with E-state index in [1.165, 1.54) is 49.6 Å². The van der Waals surface area contributed by atoms with Crippen molar-refractivity contribution < 1.29 is 9.53 Å². The molecule has 0 N–H and O–H groups in total. The molecule has 2 aromatic carbocycles. The summed E-state index contributed by atoms with van der Waals surface area (Å²) in [6.45, 7) is 11.4. The van der Waals surface area contributed by atoms with Crippen molar-refractivity contribution in [2.24, 2.45) is 0 Å². The molecule has 0 spiro atoms. The van der Waals surface area contributed by atoms with Gasteiger partial charge in [0.25, 0.3) is 0 Å². The van der Waals surface area contributed by atoms with Crippen LogP contribution in [0.1, 0.15) is 92.8 Å². The minimum atomic E-state index is -0.296. The van der Waals surface area contributed by atoms with E-state index in [9.17, 15) is 4.79 Å². The molecule has 0 radical (unpaired) electrons. The van der Waals surface area contributed by atoms with Crippen molar-refractivity contribution in [2.45, 2.75) is 71.1 Å². The van der Waals surface area contributed by atoms with Crippen LogP contribution >= 0.6 is 0 Å². The maximum Gasteiger partial charge on any atom is 0.337 e. The molecule has 32 heavy (non-hydrogen) atoms. The van der Waals surface area contributed by atoms with Gasteiger partial charge in [0, 0.05) is 24.7 Å². The number of benzene rings is 2. The van der Waals surface area contributed by atoms with Gasteiger partial charge >= 0.3 is 5.97 Å². The Bertz CT molecular complexity index is 927. The zero-order chi connectivity index (χ0) is 23.1. The predicted octanol–water partition coefficient (Wildman–Crippen LogP) is 7.36. The highest BCUT2D eigenvalue weighted by Gasteiger charge is 2.31. The predicted molar refractivity (Wildman–Crippen MR) is 136 cm³/mol. The summed E-state index contributed by atoms with van der Waals surface area (Å²) in [4.78, 5) is 14.2. The molecular formula is C29H39NO2. The summed E-state index contributed by atoms with van der Waals surface area (Å²) in [5.41, 5.74) is 6.21. The van der Waals surface area contributed by atoms with E-state index >= 15 is 0 Å². The number of rotatable bonds is 9. The Labute approximate surface area is 194 Å². The third kappa shape index (κ3) is 5.62. The van der Waals surface area contributed by atoms with Gasteiger partial charge in [0.15, 0.2) is 0 Å². The van der Waals surface area contributed by atoms with E-state index < -0.39 is 0 Å². The maximum absolute atomic E-state index is 11.7. The van der Waals surface area contributed by atoms with Crippen LogP contribution < -0.4 is 4.90 Å². The van der Waals surface area contributed by atoms with Gasteiger partial charge in [-0.05, 0) is 60.1 Å². The number of anilines is 1. The van der Waals surface area contributed by atoms with Crippen molar-refractivity contribution in [1.82, 2.24) is 0 Å². The Morgan fingerprint density at radius 2 is 1.88 bits per heavy atom. The van der Waals surface area contributed by atoms with Crippen LogP contribution in [0.15, 0.2) is 48.5 Å². The van der Waals surface area contributed by atoms with Crippen LogP contribution in [0.2, 0.25) is 0 Å². The molecule has 1 aliphatic heterocycles. The van der Waals surface area contributed by atoms with Gasteiger partial charge in [0.05, 0.1) is 12.7 Å². The second kappa shape index (κ2) is 10.8. The lowest BCUT2D eigenvalue weighted by Crippen LogP contribution is -2.37. The molecule has 0 aromatic heterocycles. The summed E-state index contributed by atoms with van der Waals surface area (Å²) < 4.78 is 4.80. The lowest BCUT2D eigenvalue weighted by Gasteiger charge is -2.40. The third-order valence-corrected chi connectivity index (χ3v) is 6.88. The standard InChI is InChI=1S/C29H39NO2/c1-6-8-9-10-23(14-11-22-12-15-24(16-13-22)28(31)32-5)25-17-18-26-27(21-25)30(7-2)20-19-29(26,3)4/h11-18,21,23H,6-10,19-20H2,1-5H3/b14-11+. The van der Waals surface area contributed by atoms with Crippen LogP contribution in [0.3, 0.4) is 0 Å². The fourth-order valence-electron chi connectivity index (χ4n) is 4.67. The number of carbonyl (C=O) groups excluding carboxylic acids is 1. The molecule has 1 unspecified atom stereocenters. The number of unbranched alkanes of at least 4 members (excludes halogenated alkanes) is 2. The molecule has 3 heteroatoms. The van der Waals surface area contributed by atoms with Gasteiger partial charge in [-0.25, -0.2) is 4.79 Å². The molecule has 0 aliphatic carbocycles. The molecule has 1 heterocycles. The van der Waals surface area contributed by atoms with Crippen LogP contribution in [0.4, 0.5) is 5.69 Å². The van der Waals surface area contributed by atoms with Crippen molar-refractivity contribution in [2.75, 3.05) is 25.1 Å². The number of allylic oxidation sites excluding steroid dienone is 1. The molecule has 0 amide bonds. The highest BCUT2D eigenvalue weighted by Crippen LogP contribution is 2.41. The van der Waals surface area contributed by atoms with Gasteiger partial charge in [-0.1, -0.05) is 76.5 Å². The average Bonchev–Trinajstić information content (AvgIpc) is 2.81. The number of methoxy groups -OCH3 is 1. The molecule has 172 valence electrons. The van der Waals surface area contributed by atoms with Crippen LogP contribution in [0.5, 0.6) is 0 Å². The molecule has 0 saturated heterocycles. The zero-order valence-corrected chi connectivity index (χ0v) is 20.5. The van der Waals surface area contributed by atoms with Crippen LogP contribution in [0, 0.1) is 0 Å². The topological polar surface area (TPSA) is 29.5 Å². The molecular weight excluding hydrogens is 394 g/mol. The molecule has 3 rings (SSSR count). The third-order valence-electron chi connectivity index (χ3n) is 6.88. The molecule has 2 aromatic rings. The number of carbonyl (C=O) groups is 1. The molecule has 0 bridgehead atoms. The Hall–Kier alpha value is -2.55. The largest absolute Gasteiger partial charge is 0.465 e. The number of nitrogens with zero attached hydrogens (tertiary/aromatic N) is 1. The lowest BCUT2D eigenvalue weighted by atomic mass is 9.76. The number of hydrogen-bond donors (Lipinski definition) is 0. The Morgan fingerprint density at radius 3 is 2.53 bits per heavy atom. The number of fused-ring (bicyclic) bond motifs is 1. The quantitative estimate of drug-likeness (QED) is 0.306. The monoisotopic (exact) mass is 433 g/mol. The first-order valence-corrected chi connectivity index (χ1v) is 12.2. The SMILES string of the molecule is CCCCCC(/C=C/c1ccc(C(=O)OC)cc1)c1ccc2c(c1)N(CC)CCC2(C)C. The van der Waals surface area contributed by atoms with Gasteiger partial charge in [0.2, 0.25) is 0 Å². The number of esters is 1. The molecule has 3 nitrogen and oxygen atoms in total. The van der Waals surface area contributed by atoms with E-state index in [1.54, 1.807) is 0 Å². The van der Waals surface area contributed by atoms with Crippen molar-refractivity contribution in [3.05, 3.63) is 70.8 Å². The average molecular weight is 434 g/mol. The second-order valence-electron chi connectivity index (χ2n) is 9.57. The highest BCUT2D eigenvalue weighted by atomic mass is 16.5. The summed E-state index contributed by atoms with van der Waals surface area (Å²) in [6, 6.07) is 14.8. The zero-order valence-electron chi connectivity index (χ0n) is 20.5. The van der Waals surface area contributed by atoms with Crippen LogP contribution in [-0.2, 0) is 10.2 Å². The summed E-state index contributed by atoms with van der Waals surface area (Å²) in [5, 5.41) is 0. The van der Waals surface area contributed by atoms with Crippen molar-refractivity contribution in [1.29, 1.82) is 0 Å². The van der Waals surface area contributed by atoms with Crippen molar-refractivity contribution in [3.63, 3.8) is 0 Å². The minimum absolute atomic E-state index is 0.231. The van der Waals surface area contributed by atoms with E-state index in [2.05, 4.69) is 62.9 Å². The molecule has 1 atom stereocenters. The molecule has 0 saturated carbocycles.